The number of hydrogen-bond donors (Lipinski definition) is 1. The number of carbonyl (C=O) groups is 1. The first-order valence-corrected chi connectivity index (χ1v) is 12.6. The summed E-state index contributed by atoms with van der Waals surface area (Å²) in [6, 6.07) is 18.9. The average Bonchev–Trinajstić information content (AvgIpc) is 3.26. The van der Waals surface area contributed by atoms with Gasteiger partial charge in [0.15, 0.2) is 0 Å². The maximum Gasteiger partial charge on any atom is 0.270 e. The lowest BCUT2D eigenvalue weighted by Crippen LogP contribution is -2.46. The lowest BCUT2D eigenvalue weighted by molar-refractivity contribution is 0.0944. The van der Waals surface area contributed by atoms with E-state index in [1.165, 1.54) is 17.8 Å². The van der Waals surface area contributed by atoms with E-state index in [2.05, 4.69) is 60.3 Å². The van der Waals surface area contributed by atoms with Crippen LogP contribution in [-0.2, 0) is 13.0 Å². The highest BCUT2D eigenvalue weighted by molar-refractivity contribution is 9.10. The number of amides is 1. The van der Waals surface area contributed by atoms with Crippen molar-refractivity contribution in [1.82, 2.24) is 14.7 Å². The molecule has 8 heteroatoms. The molecule has 0 saturated carbocycles. The topological polar surface area (TPSA) is 52.9 Å². The summed E-state index contributed by atoms with van der Waals surface area (Å²) in [5.41, 5.74) is 5.40. The number of carbonyl (C=O) groups excluding carboxylic acids is 1. The highest BCUT2D eigenvalue weighted by Crippen LogP contribution is 2.22. The van der Waals surface area contributed by atoms with Gasteiger partial charge in [0.2, 0.25) is 0 Å². The molecule has 0 aliphatic carbocycles. The van der Waals surface area contributed by atoms with Crippen LogP contribution in [0.2, 0.25) is 0 Å². The summed E-state index contributed by atoms with van der Waals surface area (Å²) in [4.78, 5) is 22.3. The Morgan fingerprint density at radius 2 is 1.57 bits per heavy atom. The number of benzene rings is 2. The Bertz CT molecular complexity index is 1330. The molecule has 0 unspecified atom stereocenters. The van der Waals surface area contributed by atoms with Crippen molar-refractivity contribution in [2.45, 2.75) is 19.9 Å². The first kappa shape index (κ1) is 23.4. The molecule has 1 aliphatic heterocycles. The predicted octanol–water partition coefficient (Wildman–Crippen LogP) is 5.05. The smallest absolute Gasteiger partial charge is 0.270 e. The molecule has 5 rings (SSSR count). The summed E-state index contributed by atoms with van der Waals surface area (Å²) in [6.07, 6.45) is 2.55. The Kier molecular flexibility index (Phi) is 6.72. The molecule has 1 N–H and O–H groups in total. The summed E-state index contributed by atoms with van der Waals surface area (Å²) < 4.78 is 16.0. The summed E-state index contributed by atoms with van der Waals surface area (Å²) in [7, 11) is 0. The van der Waals surface area contributed by atoms with E-state index in [9.17, 15) is 9.18 Å². The summed E-state index contributed by atoms with van der Waals surface area (Å²) in [5.74, 6) is -0.334. The molecule has 3 heterocycles. The highest BCUT2D eigenvalue weighted by atomic mass is 79.9. The van der Waals surface area contributed by atoms with Crippen LogP contribution in [0.15, 0.2) is 71.3 Å². The summed E-state index contributed by atoms with van der Waals surface area (Å²) >= 11 is 3.46. The number of anilines is 2. The Balaban J connectivity index is 1.19. The second-order valence-corrected chi connectivity index (χ2v) is 9.55. The number of aryl methyl sites for hydroxylation is 1. The molecule has 0 atom stereocenters. The van der Waals surface area contributed by atoms with Crippen LogP contribution in [0.25, 0.3) is 5.65 Å². The van der Waals surface area contributed by atoms with Crippen LogP contribution in [0, 0.1) is 5.82 Å². The van der Waals surface area contributed by atoms with Crippen molar-refractivity contribution < 1.29 is 9.18 Å². The zero-order valence-electron chi connectivity index (χ0n) is 19.5. The van der Waals surface area contributed by atoms with Gasteiger partial charge in [0.05, 0.1) is 5.69 Å². The third-order valence-electron chi connectivity index (χ3n) is 6.44. The number of halogens is 2. The highest BCUT2D eigenvalue weighted by Gasteiger charge is 2.19. The van der Waals surface area contributed by atoms with Crippen LogP contribution in [0.4, 0.5) is 15.8 Å². The van der Waals surface area contributed by atoms with E-state index in [0.717, 1.165) is 53.2 Å². The van der Waals surface area contributed by atoms with Gasteiger partial charge in [-0.1, -0.05) is 35.0 Å². The number of rotatable bonds is 6. The molecule has 1 amide bonds. The van der Waals surface area contributed by atoms with Gasteiger partial charge in [0.1, 0.15) is 17.2 Å². The van der Waals surface area contributed by atoms with Gasteiger partial charge in [-0.15, -0.1) is 0 Å². The number of imidazole rings is 1. The van der Waals surface area contributed by atoms with E-state index in [-0.39, 0.29) is 11.7 Å². The Labute approximate surface area is 212 Å². The monoisotopic (exact) mass is 535 g/mol. The second-order valence-electron chi connectivity index (χ2n) is 8.63. The first-order valence-electron chi connectivity index (χ1n) is 11.8. The molecule has 2 aromatic carbocycles. The fraction of sp³-hybridized carbons (Fsp3) is 0.259. The van der Waals surface area contributed by atoms with E-state index in [0.29, 0.717) is 18.7 Å². The van der Waals surface area contributed by atoms with Crippen LogP contribution in [0.3, 0.4) is 0 Å². The zero-order valence-corrected chi connectivity index (χ0v) is 21.1. The standard InChI is InChI=1S/C27H27BrFN5O/c1-2-24-26(34-12-11-20(28)17-25(34)31-24)27(35)30-18-19-3-7-22(8-4-19)32-13-15-33(16-14-32)23-9-5-21(29)6-10-23/h3-12,17H,2,13-16,18H2,1H3,(H,30,35). The molecule has 4 aromatic rings. The quantitative estimate of drug-likeness (QED) is 0.375. The molecule has 0 spiro atoms. The van der Waals surface area contributed by atoms with Crippen molar-refractivity contribution in [2.75, 3.05) is 36.0 Å². The fourth-order valence-electron chi connectivity index (χ4n) is 4.52. The van der Waals surface area contributed by atoms with Crippen molar-refractivity contribution in [1.29, 1.82) is 0 Å². The van der Waals surface area contributed by atoms with E-state index in [1.807, 2.05) is 41.8 Å². The number of aromatic nitrogens is 2. The van der Waals surface area contributed by atoms with Crippen molar-refractivity contribution in [3.8, 4) is 0 Å². The Morgan fingerprint density at radius 1 is 0.971 bits per heavy atom. The van der Waals surface area contributed by atoms with Gasteiger partial charge in [-0.2, -0.15) is 0 Å². The number of nitrogens with one attached hydrogen (secondary N) is 1. The van der Waals surface area contributed by atoms with Crippen molar-refractivity contribution in [3.63, 3.8) is 0 Å². The molecular formula is C27H27BrFN5O. The molecule has 0 bridgehead atoms. The molecular weight excluding hydrogens is 509 g/mol. The zero-order chi connectivity index (χ0) is 24.4. The summed E-state index contributed by atoms with van der Waals surface area (Å²) in [6.45, 7) is 6.03. The third-order valence-corrected chi connectivity index (χ3v) is 6.93. The first-order chi connectivity index (χ1) is 17.0. The average molecular weight is 536 g/mol. The SMILES string of the molecule is CCc1nc2cc(Br)ccn2c1C(=O)NCc1ccc(N2CCN(c3ccc(F)cc3)CC2)cc1. The van der Waals surface area contributed by atoms with Gasteiger partial charge in [0, 0.05) is 54.8 Å². The van der Waals surface area contributed by atoms with E-state index in [4.69, 9.17) is 0 Å². The molecule has 1 fully saturated rings. The van der Waals surface area contributed by atoms with Crippen molar-refractivity contribution in [2.24, 2.45) is 0 Å². The van der Waals surface area contributed by atoms with Crippen LogP contribution in [0.5, 0.6) is 0 Å². The van der Waals surface area contributed by atoms with Gasteiger partial charge < -0.3 is 15.1 Å². The second kappa shape index (κ2) is 10.1. The lowest BCUT2D eigenvalue weighted by atomic mass is 10.1. The molecule has 2 aromatic heterocycles. The van der Waals surface area contributed by atoms with Gasteiger partial charge in [0.25, 0.3) is 5.91 Å². The minimum absolute atomic E-state index is 0.127. The maximum absolute atomic E-state index is 13.2. The van der Waals surface area contributed by atoms with Crippen LogP contribution < -0.4 is 15.1 Å². The number of nitrogens with zero attached hydrogens (tertiary/aromatic N) is 4. The minimum Gasteiger partial charge on any atom is -0.368 e. The molecule has 180 valence electrons. The third kappa shape index (κ3) is 5.03. The normalized spacial score (nSPS) is 13.9. The van der Waals surface area contributed by atoms with Crippen molar-refractivity contribution >= 4 is 38.9 Å². The molecule has 6 nitrogen and oxygen atoms in total. The molecule has 1 saturated heterocycles. The van der Waals surface area contributed by atoms with Crippen molar-refractivity contribution in [3.05, 3.63) is 94.1 Å². The molecule has 0 radical (unpaired) electrons. The van der Waals surface area contributed by atoms with E-state index in [1.54, 1.807) is 0 Å². The van der Waals surface area contributed by atoms with E-state index >= 15 is 0 Å². The van der Waals surface area contributed by atoms with Gasteiger partial charge >= 0.3 is 0 Å². The molecule has 1 aliphatic rings. The van der Waals surface area contributed by atoms with Gasteiger partial charge in [-0.05, 0) is 60.5 Å². The summed E-state index contributed by atoms with van der Waals surface area (Å²) in [5, 5.41) is 3.05. The van der Waals surface area contributed by atoms with Gasteiger partial charge in [-0.25, -0.2) is 9.37 Å². The Hall–Kier alpha value is -3.39. The maximum atomic E-state index is 13.2. The number of piperazine rings is 1. The number of pyridine rings is 1. The van der Waals surface area contributed by atoms with Gasteiger partial charge in [-0.3, -0.25) is 9.20 Å². The van der Waals surface area contributed by atoms with Crippen LogP contribution in [-0.4, -0.2) is 41.5 Å². The van der Waals surface area contributed by atoms with Crippen LogP contribution >= 0.6 is 15.9 Å². The molecule has 35 heavy (non-hydrogen) atoms. The predicted molar refractivity (Wildman–Crippen MR) is 141 cm³/mol. The fourth-order valence-corrected chi connectivity index (χ4v) is 4.84. The largest absolute Gasteiger partial charge is 0.368 e. The van der Waals surface area contributed by atoms with E-state index < -0.39 is 0 Å². The Morgan fingerprint density at radius 3 is 2.17 bits per heavy atom. The number of hydrogen-bond acceptors (Lipinski definition) is 4. The number of fused-ring (bicyclic) bond motifs is 1. The minimum atomic E-state index is -0.207. The van der Waals surface area contributed by atoms with Crippen LogP contribution in [0.1, 0.15) is 28.7 Å². The lowest BCUT2D eigenvalue weighted by Gasteiger charge is -2.37.